The number of aliphatic hydroxyl groups is 3. The van der Waals surface area contributed by atoms with Gasteiger partial charge in [-0.2, -0.15) is 5.57 Å². The van der Waals surface area contributed by atoms with Crippen LogP contribution >= 0.6 is 0 Å². The molecule has 3 N–H and O–H groups in total. The summed E-state index contributed by atoms with van der Waals surface area (Å²) in [5.74, 6) is 0. The molecular formula is C13H27O3Ti-. The molecule has 4 heteroatoms. The first-order chi connectivity index (χ1) is 7.38. The molecule has 102 valence electrons. The molecule has 1 rings (SSSR count). The Morgan fingerprint density at radius 2 is 1.18 bits per heavy atom. The monoisotopic (exact) mass is 279 g/mol. The molecule has 1 aliphatic carbocycles. The largest absolute Gasteiger partial charge is 0.400 e. The summed E-state index contributed by atoms with van der Waals surface area (Å²) in [7, 11) is 3.00. The van der Waals surface area contributed by atoms with Crippen molar-refractivity contribution < 1.29 is 37.0 Å². The number of rotatable bonds is 0. The molecule has 0 amide bonds. The average molecular weight is 279 g/mol. The molecule has 0 heterocycles. The van der Waals surface area contributed by atoms with E-state index in [1.54, 1.807) is 0 Å². The third kappa shape index (κ3) is 7.20. The Labute approximate surface area is 121 Å². The van der Waals surface area contributed by atoms with Gasteiger partial charge in [0.1, 0.15) is 0 Å². The van der Waals surface area contributed by atoms with Crippen molar-refractivity contribution >= 4 is 0 Å². The van der Waals surface area contributed by atoms with E-state index in [-0.39, 0.29) is 32.5 Å². The van der Waals surface area contributed by atoms with Crippen LogP contribution in [-0.4, -0.2) is 36.6 Å². The summed E-state index contributed by atoms with van der Waals surface area (Å²) in [5, 5.41) is 21.0. The molecule has 0 aliphatic heterocycles. The van der Waals surface area contributed by atoms with Crippen molar-refractivity contribution in [2.45, 2.75) is 34.6 Å². The topological polar surface area (TPSA) is 60.7 Å². The minimum absolute atomic E-state index is 0. The fourth-order valence-electron chi connectivity index (χ4n) is 1.03. The Morgan fingerprint density at radius 1 is 0.882 bits per heavy atom. The zero-order chi connectivity index (χ0) is 14.0. The van der Waals surface area contributed by atoms with Crippen molar-refractivity contribution in [1.82, 2.24) is 0 Å². The van der Waals surface area contributed by atoms with Gasteiger partial charge in [-0.3, -0.25) is 0 Å². The Hall–Kier alpha value is 0.114. The van der Waals surface area contributed by atoms with E-state index in [1.807, 2.05) is 0 Å². The molecular weight excluding hydrogens is 252 g/mol. The van der Waals surface area contributed by atoms with Gasteiger partial charge in [-0.05, 0) is 0 Å². The molecule has 0 aromatic heterocycles. The van der Waals surface area contributed by atoms with E-state index in [9.17, 15) is 0 Å². The van der Waals surface area contributed by atoms with Crippen LogP contribution in [0, 0.1) is 16.9 Å². The summed E-state index contributed by atoms with van der Waals surface area (Å²) in [6, 6.07) is 0. The zero-order valence-corrected chi connectivity index (χ0v) is 13.9. The van der Waals surface area contributed by atoms with Crippen LogP contribution in [0.15, 0.2) is 11.3 Å². The first-order valence-electron chi connectivity index (χ1n) is 5.09. The second-order valence-corrected chi connectivity index (χ2v) is 4.12. The van der Waals surface area contributed by atoms with Gasteiger partial charge in [-0.25, -0.2) is 6.08 Å². The molecule has 17 heavy (non-hydrogen) atoms. The molecule has 0 aromatic rings. The van der Waals surface area contributed by atoms with Gasteiger partial charge >= 0.3 is 0 Å². The van der Waals surface area contributed by atoms with Crippen molar-refractivity contribution in [3.63, 3.8) is 0 Å². The van der Waals surface area contributed by atoms with E-state index in [0.717, 1.165) is 21.3 Å². The van der Waals surface area contributed by atoms with Crippen LogP contribution in [-0.2, 0) is 21.7 Å². The van der Waals surface area contributed by atoms with Gasteiger partial charge in [0.05, 0.1) is 0 Å². The maximum atomic E-state index is 7.00. The van der Waals surface area contributed by atoms with Crippen molar-refractivity contribution in [1.29, 1.82) is 0 Å². The summed E-state index contributed by atoms with van der Waals surface area (Å²) in [4.78, 5) is 0. The molecule has 0 aromatic carbocycles. The average Bonchev–Trinajstić information content (AvgIpc) is 2.50. The molecule has 0 atom stereocenters. The van der Waals surface area contributed by atoms with Gasteiger partial charge in [0, 0.05) is 43.0 Å². The van der Waals surface area contributed by atoms with Crippen LogP contribution in [0.2, 0.25) is 0 Å². The van der Waals surface area contributed by atoms with Crippen molar-refractivity contribution in [3.05, 3.63) is 17.4 Å². The summed E-state index contributed by atoms with van der Waals surface area (Å²) in [6.45, 7) is 11.0. The van der Waals surface area contributed by atoms with Crippen molar-refractivity contribution in [2.24, 2.45) is 10.8 Å². The molecule has 0 fully saturated rings. The standard InChI is InChI=1S/C10H15.3CH4O.Ti/c1-8-6-7-9(2,3)10(8,4)5;3*1-2;/h1-5H3;3*2H,1H3;/q-1;;;;. The third-order valence-corrected chi connectivity index (χ3v) is 3.06. The summed E-state index contributed by atoms with van der Waals surface area (Å²) >= 11 is 0. The Bertz CT molecular complexity index is 227. The van der Waals surface area contributed by atoms with Crippen molar-refractivity contribution in [3.8, 4) is 0 Å². The summed E-state index contributed by atoms with van der Waals surface area (Å²) in [6.07, 6.45) is 3.25. The van der Waals surface area contributed by atoms with Crippen molar-refractivity contribution in [2.75, 3.05) is 21.3 Å². The molecule has 0 saturated carbocycles. The van der Waals surface area contributed by atoms with Crippen LogP contribution in [0.25, 0.3) is 0 Å². The summed E-state index contributed by atoms with van der Waals surface area (Å²) < 4.78 is 0. The zero-order valence-electron chi connectivity index (χ0n) is 12.3. The fraction of sp³-hybridized carbons (Fsp3) is 0.769. The van der Waals surface area contributed by atoms with Crippen LogP contribution in [0.3, 0.4) is 0 Å². The summed E-state index contributed by atoms with van der Waals surface area (Å²) in [5.41, 5.74) is 4.89. The first kappa shape index (κ1) is 25.8. The molecule has 3 nitrogen and oxygen atoms in total. The van der Waals surface area contributed by atoms with Gasteiger partial charge in [0.25, 0.3) is 0 Å². The number of aliphatic hydroxyl groups excluding tert-OH is 3. The smallest absolute Gasteiger partial charge is 0.0319 e. The number of hydrogen-bond donors (Lipinski definition) is 3. The van der Waals surface area contributed by atoms with E-state index in [1.165, 1.54) is 5.57 Å². The Balaban J connectivity index is -0.000000106. The van der Waals surface area contributed by atoms with E-state index < -0.39 is 0 Å². The van der Waals surface area contributed by atoms with Gasteiger partial charge in [0.15, 0.2) is 0 Å². The second kappa shape index (κ2) is 12.6. The minimum atomic E-state index is 0. The second-order valence-electron chi connectivity index (χ2n) is 4.12. The number of hydrogen-bond acceptors (Lipinski definition) is 3. The molecule has 0 saturated heterocycles. The maximum Gasteiger partial charge on any atom is 0.0319 e. The molecule has 0 spiro atoms. The van der Waals surface area contributed by atoms with Gasteiger partial charge in [-0.1, -0.05) is 38.5 Å². The van der Waals surface area contributed by atoms with Gasteiger partial charge in [-0.15, -0.1) is 6.92 Å². The molecule has 0 unspecified atom stereocenters. The van der Waals surface area contributed by atoms with E-state index >= 15 is 0 Å². The Morgan fingerprint density at radius 3 is 1.24 bits per heavy atom. The van der Waals surface area contributed by atoms with E-state index in [2.05, 4.69) is 46.4 Å². The predicted molar refractivity (Wildman–Crippen MR) is 67.9 cm³/mol. The van der Waals surface area contributed by atoms with E-state index in [4.69, 9.17) is 15.3 Å². The first-order valence-corrected chi connectivity index (χ1v) is 5.09. The molecule has 0 bridgehead atoms. The number of allylic oxidation sites excluding steroid dienone is 1. The SMILES string of the molecule is CC1=C=[C-]C(C)(C)C1(C)C.CO.CO.CO.[Ti]. The predicted octanol–water partition coefficient (Wildman–Crippen LogP) is 1.78. The van der Waals surface area contributed by atoms with Crippen LogP contribution < -0.4 is 0 Å². The van der Waals surface area contributed by atoms with Crippen LogP contribution in [0.4, 0.5) is 0 Å². The fourth-order valence-corrected chi connectivity index (χ4v) is 1.03. The third-order valence-electron chi connectivity index (χ3n) is 3.06. The minimum Gasteiger partial charge on any atom is -0.400 e. The molecule has 0 radical (unpaired) electrons. The van der Waals surface area contributed by atoms with E-state index in [0.29, 0.717) is 0 Å². The van der Waals surface area contributed by atoms with Crippen LogP contribution in [0.1, 0.15) is 34.6 Å². The molecule has 1 aliphatic rings. The Kier molecular flexibility index (Phi) is 19.1. The maximum absolute atomic E-state index is 7.00. The normalized spacial score (nSPS) is 16.8. The van der Waals surface area contributed by atoms with Gasteiger partial charge < -0.3 is 21.1 Å². The quantitative estimate of drug-likeness (QED) is 0.360. The van der Waals surface area contributed by atoms with Gasteiger partial charge in [0.2, 0.25) is 0 Å². The van der Waals surface area contributed by atoms with Crippen LogP contribution in [0.5, 0.6) is 0 Å².